The van der Waals surface area contributed by atoms with Gasteiger partial charge < -0.3 is 59.5 Å². The summed E-state index contributed by atoms with van der Waals surface area (Å²) in [5, 5.41) is 28.6. The third kappa shape index (κ3) is 16.4. The Morgan fingerprint density at radius 2 is 1.24 bits per heavy atom. The quantitative estimate of drug-likeness (QED) is 0.0586. The molecule has 0 aromatic carbocycles. The lowest BCUT2D eigenvalue weighted by molar-refractivity contribution is -0.135. The highest BCUT2D eigenvalue weighted by Gasteiger charge is 2.33. The maximum absolute atomic E-state index is 13.7. The van der Waals surface area contributed by atoms with Crippen LogP contribution in [-0.2, 0) is 28.8 Å². The fourth-order valence-electron chi connectivity index (χ4n) is 4.85. The fourth-order valence-corrected chi connectivity index (χ4v) is 4.85. The van der Waals surface area contributed by atoms with Gasteiger partial charge in [0.25, 0.3) is 0 Å². The molecule has 5 atom stereocenters. The lowest BCUT2D eigenvalue weighted by Gasteiger charge is -2.28. The molecule has 0 aliphatic carbocycles. The van der Waals surface area contributed by atoms with Crippen LogP contribution in [0.1, 0.15) is 80.1 Å². The van der Waals surface area contributed by atoms with Gasteiger partial charge in [0.1, 0.15) is 30.2 Å². The van der Waals surface area contributed by atoms with Crippen LogP contribution in [0, 0.1) is 17.8 Å². The van der Waals surface area contributed by atoms with E-state index in [1.165, 1.54) is 0 Å². The van der Waals surface area contributed by atoms with E-state index in [1.807, 2.05) is 41.5 Å². The van der Waals surface area contributed by atoms with Crippen LogP contribution in [0.3, 0.4) is 0 Å². The van der Waals surface area contributed by atoms with Gasteiger partial charge in [-0.05, 0) is 37.0 Å². The molecule has 6 amide bonds. The number of aliphatic hydroxyl groups excluding tert-OH is 1. The number of primary amides is 1. The first kappa shape index (κ1) is 42.5. The highest BCUT2D eigenvalue weighted by molar-refractivity contribution is 5.96. The normalized spacial score (nSPS) is 16.0. The molecule has 49 heavy (non-hydrogen) atoms. The van der Waals surface area contributed by atoms with Crippen LogP contribution in [0.4, 0.5) is 0 Å². The summed E-state index contributed by atoms with van der Waals surface area (Å²) in [6.07, 6.45) is 3.88. The lowest BCUT2D eigenvalue weighted by atomic mass is 9.99. The summed E-state index contributed by atoms with van der Waals surface area (Å²) in [7, 11) is 0. The van der Waals surface area contributed by atoms with E-state index in [0.29, 0.717) is 18.8 Å². The van der Waals surface area contributed by atoms with Crippen molar-refractivity contribution in [3.8, 4) is 0 Å². The fraction of sp³-hybridized carbons (Fsp3) is 0.688. The average Bonchev–Trinajstić information content (AvgIpc) is 3.53. The third-order valence-corrected chi connectivity index (χ3v) is 7.53. The molecule has 14 N–H and O–H groups in total. The van der Waals surface area contributed by atoms with Gasteiger partial charge in [-0.3, -0.25) is 28.8 Å². The average molecular weight is 695 g/mol. The number of aliphatic hydroxyl groups is 1. The Hall–Kier alpha value is -4.54. The molecule has 1 heterocycles. The van der Waals surface area contributed by atoms with E-state index in [-0.39, 0.29) is 61.5 Å². The minimum absolute atomic E-state index is 0.000511. The van der Waals surface area contributed by atoms with E-state index in [0.717, 1.165) is 6.20 Å². The van der Waals surface area contributed by atoms with Crippen molar-refractivity contribution in [1.29, 1.82) is 0 Å². The number of hydrogen-bond donors (Lipinski definition) is 11. The number of nitrogens with two attached hydrogens (primary N) is 3. The summed E-state index contributed by atoms with van der Waals surface area (Å²) in [5.74, 6) is -3.91. The lowest BCUT2D eigenvalue weighted by Crippen LogP contribution is -2.59. The van der Waals surface area contributed by atoms with E-state index in [4.69, 9.17) is 17.2 Å². The second kappa shape index (κ2) is 21.4. The summed E-state index contributed by atoms with van der Waals surface area (Å²) in [4.78, 5) is 78.3. The van der Waals surface area contributed by atoms with Gasteiger partial charge in [0.2, 0.25) is 35.4 Å². The van der Waals surface area contributed by atoms with Gasteiger partial charge in [-0.25, -0.2) is 0 Å². The summed E-state index contributed by atoms with van der Waals surface area (Å²) in [5.41, 5.74) is 17.5. The minimum Gasteiger partial charge on any atom is -0.403 e. The van der Waals surface area contributed by atoms with Gasteiger partial charge in [0, 0.05) is 43.1 Å². The number of carbonyl (C=O) groups is 6. The van der Waals surface area contributed by atoms with Crippen LogP contribution in [-0.4, -0.2) is 84.0 Å². The van der Waals surface area contributed by atoms with E-state index >= 15 is 0 Å². The zero-order valence-corrected chi connectivity index (χ0v) is 29.6. The molecular formula is C32H58N10O7. The van der Waals surface area contributed by atoms with Crippen LogP contribution >= 0.6 is 0 Å². The van der Waals surface area contributed by atoms with Gasteiger partial charge >= 0.3 is 0 Å². The monoisotopic (exact) mass is 694 g/mol. The minimum atomic E-state index is -1.37. The van der Waals surface area contributed by atoms with Crippen LogP contribution in [0.2, 0.25) is 0 Å². The standard InChI is InChI=1S/C32H58N10O7/c1-17(2)7-8-27(44)38-24(11-20(34)13-33)31(48)40-22(9-18(3)4)29(46)39-23(10-19(5)6)30(47)41-25(12-21-14-36-16-37-21)32(49)42-26(15-43)28(35)45/h13-14,17-19,22-26,36-37,43H,7-12,15-16,33-34H2,1-6H3,(H2,35,45)(H,38,44)(H,39,46)(H,40,48)(H,41,47)(H,42,49)/b20-13-/t22?,23-,24-,25-,26-/m0/s1. The van der Waals surface area contributed by atoms with Crippen LogP contribution in [0.15, 0.2) is 23.8 Å². The largest absolute Gasteiger partial charge is 0.403 e. The maximum atomic E-state index is 13.7. The summed E-state index contributed by atoms with van der Waals surface area (Å²) >= 11 is 0. The number of hydrogen-bond acceptors (Lipinski definition) is 11. The predicted octanol–water partition coefficient (Wildman–Crippen LogP) is -2.05. The molecule has 17 nitrogen and oxygen atoms in total. The van der Waals surface area contributed by atoms with Crippen molar-refractivity contribution in [2.45, 2.75) is 110 Å². The molecular weight excluding hydrogens is 636 g/mol. The third-order valence-electron chi connectivity index (χ3n) is 7.53. The smallest absolute Gasteiger partial charge is 0.243 e. The number of nitrogens with one attached hydrogen (secondary N) is 7. The molecule has 1 aliphatic rings. The molecule has 1 aliphatic heterocycles. The number of rotatable bonds is 22. The zero-order valence-electron chi connectivity index (χ0n) is 29.6. The summed E-state index contributed by atoms with van der Waals surface area (Å²) < 4.78 is 0. The van der Waals surface area contributed by atoms with Crippen molar-refractivity contribution in [2.75, 3.05) is 13.3 Å². The van der Waals surface area contributed by atoms with Crippen molar-refractivity contribution in [3.63, 3.8) is 0 Å². The van der Waals surface area contributed by atoms with Gasteiger partial charge in [-0.2, -0.15) is 0 Å². The SMILES string of the molecule is CC(C)CCC(=O)N[C@@H](C/C(N)=C/N)C(=O)NC(CC(C)C)C(=O)N[C@@H](CC(C)C)C(=O)N[C@@H](CC1=CNCN1)C(=O)N[C@@H](CO)C(N)=O. The Labute approximate surface area is 288 Å². The zero-order chi connectivity index (χ0) is 37.3. The molecule has 17 heteroatoms. The highest BCUT2D eigenvalue weighted by atomic mass is 16.3. The van der Waals surface area contributed by atoms with Crippen molar-refractivity contribution < 1.29 is 33.9 Å². The highest BCUT2D eigenvalue weighted by Crippen LogP contribution is 2.12. The molecule has 1 unspecified atom stereocenters. The molecule has 278 valence electrons. The van der Waals surface area contributed by atoms with Crippen molar-refractivity contribution in [3.05, 3.63) is 23.8 Å². The van der Waals surface area contributed by atoms with Crippen molar-refractivity contribution in [1.82, 2.24) is 37.2 Å². The Morgan fingerprint density at radius 1 is 0.755 bits per heavy atom. The van der Waals surface area contributed by atoms with Crippen LogP contribution < -0.4 is 54.4 Å². The Morgan fingerprint density at radius 3 is 1.67 bits per heavy atom. The maximum Gasteiger partial charge on any atom is 0.243 e. The topological polar surface area (TPSA) is 285 Å². The van der Waals surface area contributed by atoms with Crippen molar-refractivity contribution in [2.24, 2.45) is 35.0 Å². The van der Waals surface area contributed by atoms with Gasteiger partial charge in [0.15, 0.2) is 0 Å². The van der Waals surface area contributed by atoms with Crippen molar-refractivity contribution >= 4 is 35.4 Å². The summed E-state index contributed by atoms with van der Waals surface area (Å²) in [6.45, 7) is 11.0. The second-order valence-electron chi connectivity index (χ2n) is 13.5. The second-order valence-corrected chi connectivity index (χ2v) is 13.5. The molecule has 0 aromatic rings. The number of carbonyl (C=O) groups excluding carboxylic acids is 6. The Balaban J connectivity index is 3.24. The van der Waals surface area contributed by atoms with Crippen LogP contribution in [0.25, 0.3) is 0 Å². The van der Waals surface area contributed by atoms with Gasteiger partial charge in [0.05, 0.1) is 13.3 Å². The molecule has 0 saturated heterocycles. The molecule has 0 aromatic heterocycles. The van der Waals surface area contributed by atoms with E-state index < -0.39 is 66.4 Å². The van der Waals surface area contributed by atoms with E-state index in [1.54, 1.807) is 6.20 Å². The van der Waals surface area contributed by atoms with E-state index in [9.17, 15) is 33.9 Å². The van der Waals surface area contributed by atoms with Gasteiger partial charge in [-0.1, -0.05) is 41.5 Å². The predicted molar refractivity (Wildman–Crippen MR) is 184 cm³/mol. The Kier molecular flexibility index (Phi) is 18.6. The molecule has 0 fully saturated rings. The summed E-state index contributed by atoms with van der Waals surface area (Å²) in [6, 6.07) is -5.90. The van der Waals surface area contributed by atoms with E-state index in [2.05, 4.69) is 37.2 Å². The van der Waals surface area contributed by atoms with Gasteiger partial charge in [-0.15, -0.1) is 0 Å². The Bertz CT molecular complexity index is 1200. The molecule has 0 radical (unpaired) electrons. The molecule has 0 saturated carbocycles. The molecule has 1 rings (SSSR count). The number of amides is 6. The molecule has 0 bridgehead atoms. The molecule has 0 spiro atoms. The first-order valence-electron chi connectivity index (χ1n) is 16.7. The first-order chi connectivity index (χ1) is 23.0. The van der Waals surface area contributed by atoms with Crippen LogP contribution in [0.5, 0.6) is 0 Å². The first-order valence-corrected chi connectivity index (χ1v) is 16.7.